The minimum Gasteiger partial charge on any atom is -0.376 e. The zero-order chi connectivity index (χ0) is 22.9. The molecule has 0 aliphatic heterocycles. The number of sulfone groups is 1. The second kappa shape index (κ2) is 8.72. The van der Waals surface area contributed by atoms with Crippen LogP contribution < -0.4 is 10.6 Å². The molecule has 0 spiro atoms. The molecular formula is C24H23N3O3S2. The molecule has 8 heteroatoms. The lowest BCUT2D eigenvalue weighted by molar-refractivity contribution is -0.114. The molecule has 0 saturated carbocycles. The first-order valence-corrected chi connectivity index (χ1v) is 12.7. The predicted molar refractivity (Wildman–Crippen MR) is 131 cm³/mol. The van der Waals surface area contributed by atoms with Gasteiger partial charge in [0.05, 0.1) is 21.7 Å². The van der Waals surface area contributed by atoms with Crippen molar-refractivity contribution in [2.24, 2.45) is 0 Å². The Morgan fingerprint density at radius 1 is 1.03 bits per heavy atom. The highest BCUT2D eigenvalue weighted by molar-refractivity contribution is 7.90. The van der Waals surface area contributed by atoms with Crippen LogP contribution in [0.1, 0.15) is 11.1 Å². The first kappa shape index (κ1) is 22.0. The molecule has 0 atom stereocenters. The van der Waals surface area contributed by atoms with E-state index < -0.39 is 9.84 Å². The van der Waals surface area contributed by atoms with E-state index in [1.807, 2.05) is 30.3 Å². The average Bonchev–Trinajstić information content (AvgIpc) is 3.16. The van der Waals surface area contributed by atoms with Crippen LogP contribution in [0.3, 0.4) is 0 Å². The van der Waals surface area contributed by atoms with Crippen molar-refractivity contribution in [3.05, 3.63) is 71.8 Å². The number of carbonyl (C=O) groups excluding carboxylic acids is 1. The molecule has 0 aliphatic carbocycles. The fourth-order valence-corrected chi connectivity index (χ4v) is 5.50. The van der Waals surface area contributed by atoms with Crippen LogP contribution in [0.25, 0.3) is 20.8 Å². The van der Waals surface area contributed by atoms with E-state index in [-0.39, 0.29) is 17.3 Å². The smallest absolute Gasteiger partial charge is 0.243 e. The molecule has 0 bridgehead atoms. The summed E-state index contributed by atoms with van der Waals surface area (Å²) in [5, 5.41) is 6.81. The molecular weight excluding hydrogens is 442 g/mol. The summed E-state index contributed by atoms with van der Waals surface area (Å²) in [7, 11) is -3.33. The molecule has 4 rings (SSSR count). The van der Waals surface area contributed by atoms with Crippen molar-refractivity contribution in [3.63, 3.8) is 0 Å². The minimum atomic E-state index is -3.33. The van der Waals surface area contributed by atoms with Crippen LogP contribution >= 0.6 is 11.3 Å². The molecule has 0 saturated heterocycles. The number of nitrogens with one attached hydrogen (secondary N) is 2. The lowest BCUT2D eigenvalue weighted by Gasteiger charge is -2.12. The highest BCUT2D eigenvalue weighted by Crippen LogP contribution is 2.31. The van der Waals surface area contributed by atoms with Gasteiger partial charge in [-0.3, -0.25) is 4.79 Å². The van der Waals surface area contributed by atoms with Gasteiger partial charge in [0.15, 0.2) is 9.84 Å². The van der Waals surface area contributed by atoms with E-state index in [1.54, 1.807) is 36.5 Å². The van der Waals surface area contributed by atoms with Gasteiger partial charge in [0.1, 0.15) is 5.01 Å². The van der Waals surface area contributed by atoms with Crippen LogP contribution in [0.2, 0.25) is 0 Å². The van der Waals surface area contributed by atoms with Crippen molar-refractivity contribution in [1.29, 1.82) is 0 Å². The van der Waals surface area contributed by atoms with Gasteiger partial charge in [-0.2, -0.15) is 0 Å². The molecule has 0 radical (unpaired) electrons. The Morgan fingerprint density at radius 2 is 1.78 bits per heavy atom. The number of amides is 1. The molecule has 0 unspecified atom stereocenters. The third-order valence-corrected chi connectivity index (χ3v) is 7.39. The summed E-state index contributed by atoms with van der Waals surface area (Å²) in [5.41, 5.74) is 5.07. The van der Waals surface area contributed by atoms with Crippen LogP contribution in [-0.4, -0.2) is 32.1 Å². The monoisotopic (exact) mass is 465 g/mol. The first-order chi connectivity index (χ1) is 15.2. The largest absolute Gasteiger partial charge is 0.376 e. The molecule has 0 fully saturated rings. The van der Waals surface area contributed by atoms with Gasteiger partial charge in [-0.1, -0.05) is 12.1 Å². The number of fused-ring (bicyclic) bond motifs is 1. The van der Waals surface area contributed by atoms with Crippen LogP contribution in [0, 0.1) is 13.8 Å². The zero-order valence-electron chi connectivity index (χ0n) is 18.0. The summed E-state index contributed by atoms with van der Waals surface area (Å²) >= 11 is 1.64. The SMILES string of the molecule is Cc1ccc2nc(-c3ccc(NC(=O)CNc4cccc(S(C)(=O)=O)c4C)cc3)sc2c1. The molecule has 32 heavy (non-hydrogen) atoms. The zero-order valence-corrected chi connectivity index (χ0v) is 19.6. The highest BCUT2D eigenvalue weighted by atomic mass is 32.2. The molecule has 1 amide bonds. The van der Waals surface area contributed by atoms with Gasteiger partial charge in [-0.15, -0.1) is 11.3 Å². The number of thiazole rings is 1. The molecule has 3 aromatic carbocycles. The number of benzene rings is 3. The Kier molecular flexibility index (Phi) is 5.99. The standard InChI is InChI=1S/C24H23N3O3S2/c1-15-7-12-20-21(13-15)31-24(27-20)17-8-10-18(11-9-17)26-23(28)14-25-19-5-4-6-22(16(19)2)32(3,29)30/h4-13,25H,14H2,1-3H3,(H,26,28). The second-order valence-corrected chi connectivity index (χ2v) is 10.7. The number of aryl methyl sites for hydroxylation is 1. The number of rotatable bonds is 6. The van der Waals surface area contributed by atoms with Gasteiger partial charge in [0.2, 0.25) is 5.91 Å². The fraction of sp³-hybridized carbons (Fsp3) is 0.167. The third kappa shape index (κ3) is 4.81. The van der Waals surface area contributed by atoms with Crippen molar-refractivity contribution >= 4 is 48.7 Å². The highest BCUT2D eigenvalue weighted by Gasteiger charge is 2.14. The average molecular weight is 466 g/mol. The number of carbonyl (C=O) groups is 1. The van der Waals surface area contributed by atoms with Crippen LogP contribution in [0.5, 0.6) is 0 Å². The van der Waals surface area contributed by atoms with Gasteiger partial charge in [-0.25, -0.2) is 13.4 Å². The van der Waals surface area contributed by atoms with Crippen molar-refractivity contribution in [2.45, 2.75) is 18.7 Å². The predicted octanol–water partition coefficient (Wildman–Crippen LogP) is 5.03. The lowest BCUT2D eigenvalue weighted by atomic mass is 10.2. The molecule has 4 aromatic rings. The lowest BCUT2D eigenvalue weighted by Crippen LogP contribution is -2.22. The van der Waals surface area contributed by atoms with E-state index >= 15 is 0 Å². The Balaban J connectivity index is 1.41. The van der Waals surface area contributed by atoms with Gasteiger partial charge in [-0.05, 0) is 73.5 Å². The number of anilines is 2. The second-order valence-electron chi connectivity index (χ2n) is 7.67. The number of hydrogen-bond donors (Lipinski definition) is 2. The van der Waals surface area contributed by atoms with Crippen molar-refractivity contribution in [3.8, 4) is 10.6 Å². The van der Waals surface area contributed by atoms with E-state index in [9.17, 15) is 13.2 Å². The number of aromatic nitrogens is 1. The Labute approximate surface area is 191 Å². The first-order valence-electron chi connectivity index (χ1n) is 10.0. The summed E-state index contributed by atoms with van der Waals surface area (Å²) in [6.07, 6.45) is 1.17. The fourth-order valence-electron chi connectivity index (χ4n) is 3.44. The normalized spacial score (nSPS) is 11.5. The quantitative estimate of drug-likeness (QED) is 0.417. The summed E-state index contributed by atoms with van der Waals surface area (Å²) in [5.74, 6) is -0.225. The van der Waals surface area contributed by atoms with Gasteiger partial charge >= 0.3 is 0 Å². The summed E-state index contributed by atoms with van der Waals surface area (Å²) in [6, 6.07) is 18.8. The number of nitrogens with zero attached hydrogens (tertiary/aromatic N) is 1. The molecule has 1 aromatic heterocycles. The van der Waals surface area contributed by atoms with E-state index in [0.717, 1.165) is 20.8 Å². The summed E-state index contributed by atoms with van der Waals surface area (Å²) in [6.45, 7) is 3.81. The van der Waals surface area contributed by atoms with Crippen molar-refractivity contribution < 1.29 is 13.2 Å². The molecule has 164 valence electrons. The van der Waals surface area contributed by atoms with Gasteiger partial charge in [0, 0.05) is 23.2 Å². The van der Waals surface area contributed by atoms with E-state index in [2.05, 4.69) is 34.7 Å². The molecule has 0 aliphatic rings. The maximum Gasteiger partial charge on any atom is 0.243 e. The number of hydrogen-bond acceptors (Lipinski definition) is 6. The molecule has 2 N–H and O–H groups in total. The maximum absolute atomic E-state index is 12.4. The minimum absolute atomic E-state index is 0.0209. The van der Waals surface area contributed by atoms with Crippen LogP contribution in [0.4, 0.5) is 11.4 Å². The topological polar surface area (TPSA) is 88.2 Å². The van der Waals surface area contributed by atoms with Gasteiger partial charge < -0.3 is 10.6 Å². The Morgan fingerprint density at radius 3 is 2.50 bits per heavy atom. The third-order valence-electron chi connectivity index (χ3n) is 5.08. The summed E-state index contributed by atoms with van der Waals surface area (Å²) in [4.78, 5) is 17.3. The molecule has 6 nitrogen and oxygen atoms in total. The maximum atomic E-state index is 12.4. The van der Waals surface area contributed by atoms with E-state index in [4.69, 9.17) is 0 Å². The molecule has 1 heterocycles. The summed E-state index contributed by atoms with van der Waals surface area (Å²) < 4.78 is 24.9. The van der Waals surface area contributed by atoms with E-state index in [1.165, 1.54) is 11.8 Å². The van der Waals surface area contributed by atoms with Gasteiger partial charge in [0.25, 0.3) is 0 Å². The van der Waals surface area contributed by atoms with Crippen molar-refractivity contribution in [1.82, 2.24) is 4.98 Å². The Bertz CT molecular complexity index is 1410. The van der Waals surface area contributed by atoms with Crippen LogP contribution in [0.15, 0.2) is 65.6 Å². The van der Waals surface area contributed by atoms with Crippen molar-refractivity contribution in [2.75, 3.05) is 23.4 Å². The Hall–Kier alpha value is -3.23. The van der Waals surface area contributed by atoms with Crippen LogP contribution in [-0.2, 0) is 14.6 Å². The van der Waals surface area contributed by atoms with E-state index in [0.29, 0.717) is 16.9 Å².